The van der Waals surface area contributed by atoms with Crippen LogP contribution < -0.4 is 10.7 Å². The summed E-state index contributed by atoms with van der Waals surface area (Å²) in [4.78, 5) is 13.7. The Morgan fingerprint density at radius 3 is 2.67 bits per heavy atom. The smallest absolute Gasteiger partial charge is 0.286 e. The number of hydrogen-bond acceptors (Lipinski definition) is 4. The van der Waals surface area contributed by atoms with Gasteiger partial charge >= 0.3 is 0 Å². The van der Waals surface area contributed by atoms with Crippen LogP contribution in [0.1, 0.15) is 37.1 Å². The van der Waals surface area contributed by atoms with E-state index >= 15 is 0 Å². The fraction of sp³-hybridized carbons (Fsp3) is 0.294. The first-order valence-corrected chi connectivity index (χ1v) is 8.03. The Bertz CT molecular complexity index is 843. The van der Waals surface area contributed by atoms with Crippen molar-refractivity contribution in [3.8, 4) is 17.2 Å². The van der Waals surface area contributed by atoms with Gasteiger partial charge in [0.2, 0.25) is 0 Å². The van der Waals surface area contributed by atoms with Gasteiger partial charge in [0.05, 0.1) is 4.92 Å². The number of benzene rings is 1. The van der Waals surface area contributed by atoms with Crippen molar-refractivity contribution in [1.82, 2.24) is 0 Å². The van der Waals surface area contributed by atoms with Gasteiger partial charge in [0.15, 0.2) is 0 Å². The fourth-order valence-electron chi connectivity index (χ4n) is 2.82. The standard InChI is InChI=1S/C17H17ClN4O2/c1-3-5-15-11(4-2)16(13(9-19)17(20)21-15)12-8-10(22(23)24)6-7-14(12)18/h6-8H,3-5H2,1-2H3,(H2,20,21)/p+1. The number of rotatable bonds is 5. The molecule has 0 fully saturated rings. The highest BCUT2D eigenvalue weighted by molar-refractivity contribution is 6.33. The molecule has 1 aromatic heterocycles. The lowest BCUT2D eigenvalue weighted by Gasteiger charge is -2.14. The Morgan fingerprint density at radius 2 is 2.12 bits per heavy atom. The number of H-pyrrole nitrogens is 1. The Hall–Kier alpha value is -2.65. The van der Waals surface area contributed by atoms with Crippen molar-refractivity contribution in [2.75, 3.05) is 5.73 Å². The van der Waals surface area contributed by atoms with E-state index in [2.05, 4.69) is 11.1 Å². The molecule has 0 atom stereocenters. The molecule has 124 valence electrons. The second-order valence-electron chi connectivity index (χ2n) is 5.38. The zero-order valence-corrected chi connectivity index (χ0v) is 14.3. The molecule has 0 radical (unpaired) electrons. The maximum Gasteiger partial charge on any atom is 0.289 e. The van der Waals surface area contributed by atoms with E-state index < -0.39 is 4.92 Å². The largest absolute Gasteiger partial charge is 0.289 e. The number of nitrogens with two attached hydrogens (primary N) is 1. The molecule has 1 aromatic carbocycles. The molecule has 0 amide bonds. The second kappa shape index (κ2) is 7.28. The van der Waals surface area contributed by atoms with Gasteiger partial charge in [-0.25, -0.2) is 4.98 Å². The highest BCUT2D eigenvalue weighted by Crippen LogP contribution is 2.37. The number of anilines is 1. The number of pyridine rings is 1. The SMILES string of the molecule is CCCc1[nH+]c(N)c(C#N)c(-c2cc([N+](=O)[O-])ccc2Cl)c1CC. The van der Waals surface area contributed by atoms with Crippen LogP contribution in [0.25, 0.3) is 11.1 Å². The lowest BCUT2D eigenvalue weighted by Crippen LogP contribution is -2.22. The first-order valence-electron chi connectivity index (χ1n) is 7.65. The highest BCUT2D eigenvalue weighted by Gasteiger charge is 2.24. The summed E-state index contributed by atoms with van der Waals surface area (Å²) in [6.07, 6.45) is 2.31. The first kappa shape index (κ1) is 17.7. The number of aryl methyl sites for hydroxylation is 1. The number of nitrogens with zero attached hydrogens (tertiary/aromatic N) is 2. The summed E-state index contributed by atoms with van der Waals surface area (Å²) in [7, 11) is 0. The molecule has 6 nitrogen and oxygen atoms in total. The number of nitro groups is 1. The average Bonchev–Trinajstić information content (AvgIpc) is 2.55. The van der Waals surface area contributed by atoms with Crippen molar-refractivity contribution in [3.05, 3.63) is 50.2 Å². The fourth-order valence-corrected chi connectivity index (χ4v) is 3.03. The van der Waals surface area contributed by atoms with Crippen LogP contribution in [0.5, 0.6) is 0 Å². The number of aromatic nitrogens is 1. The van der Waals surface area contributed by atoms with Crippen LogP contribution >= 0.6 is 11.6 Å². The van der Waals surface area contributed by atoms with Gasteiger partial charge in [-0.1, -0.05) is 25.4 Å². The number of non-ortho nitro benzene ring substituents is 1. The van der Waals surface area contributed by atoms with Crippen molar-refractivity contribution < 1.29 is 9.91 Å². The Balaban J connectivity index is 2.89. The highest BCUT2D eigenvalue weighted by atomic mass is 35.5. The monoisotopic (exact) mass is 345 g/mol. The summed E-state index contributed by atoms with van der Waals surface area (Å²) in [5.74, 6) is 0.246. The van der Waals surface area contributed by atoms with Crippen LogP contribution in [0.15, 0.2) is 18.2 Å². The summed E-state index contributed by atoms with van der Waals surface area (Å²) in [5, 5.41) is 21.0. The summed E-state index contributed by atoms with van der Waals surface area (Å²) < 4.78 is 0. The van der Waals surface area contributed by atoms with E-state index in [-0.39, 0.29) is 17.1 Å². The lowest BCUT2D eigenvalue weighted by atomic mass is 9.91. The van der Waals surface area contributed by atoms with Gasteiger partial charge in [-0.05, 0) is 18.9 Å². The zero-order chi connectivity index (χ0) is 17.9. The minimum atomic E-state index is -0.483. The minimum absolute atomic E-state index is 0.0798. The molecule has 7 heteroatoms. The van der Waals surface area contributed by atoms with Crippen molar-refractivity contribution in [2.24, 2.45) is 0 Å². The van der Waals surface area contributed by atoms with E-state index in [1.165, 1.54) is 18.2 Å². The molecule has 24 heavy (non-hydrogen) atoms. The van der Waals surface area contributed by atoms with Crippen molar-refractivity contribution in [2.45, 2.75) is 33.1 Å². The van der Waals surface area contributed by atoms with Crippen LogP contribution in [0.2, 0.25) is 5.02 Å². The van der Waals surface area contributed by atoms with Crippen molar-refractivity contribution >= 4 is 23.1 Å². The number of nitro benzene ring substituents is 1. The van der Waals surface area contributed by atoms with Gasteiger partial charge in [-0.3, -0.25) is 15.8 Å². The van der Waals surface area contributed by atoms with E-state index in [1.807, 2.05) is 13.8 Å². The molecule has 0 spiro atoms. The number of hydrogen-bond donors (Lipinski definition) is 1. The van der Waals surface area contributed by atoms with Gasteiger partial charge in [-0.15, -0.1) is 0 Å². The van der Waals surface area contributed by atoms with E-state index in [0.29, 0.717) is 22.6 Å². The molecule has 3 N–H and O–H groups in total. The predicted octanol–water partition coefficient (Wildman–Crippen LogP) is 3.70. The molecule has 1 heterocycles. The van der Waals surface area contributed by atoms with Crippen LogP contribution in [0.4, 0.5) is 11.5 Å². The number of aromatic amines is 1. The third kappa shape index (κ3) is 3.17. The van der Waals surface area contributed by atoms with Crippen LogP contribution in [-0.2, 0) is 12.8 Å². The second-order valence-corrected chi connectivity index (χ2v) is 5.79. The minimum Gasteiger partial charge on any atom is -0.286 e. The van der Waals surface area contributed by atoms with Crippen LogP contribution in [0.3, 0.4) is 0 Å². The van der Waals surface area contributed by atoms with E-state index in [4.69, 9.17) is 17.3 Å². The molecule has 0 bridgehead atoms. The summed E-state index contributed by atoms with van der Waals surface area (Å²) in [6.45, 7) is 4.01. The average molecular weight is 346 g/mol. The lowest BCUT2D eigenvalue weighted by molar-refractivity contribution is -0.384. The molecule has 2 aromatic rings. The van der Waals surface area contributed by atoms with Crippen molar-refractivity contribution in [3.63, 3.8) is 0 Å². The maximum atomic E-state index is 11.1. The van der Waals surface area contributed by atoms with Gasteiger partial charge in [0.1, 0.15) is 17.3 Å². The molecule has 0 aliphatic heterocycles. The molecule has 2 rings (SSSR count). The molecular weight excluding hydrogens is 328 g/mol. The number of nitriles is 1. The van der Waals surface area contributed by atoms with Gasteiger partial charge in [0, 0.05) is 40.3 Å². The summed E-state index contributed by atoms with van der Waals surface area (Å²) in [6, 6.07) is 6.31. The number of nitrogens with one attached hydrogen (secondary N) is 1. The Labute approximate surface area is 145 Å². The molecule has 0 unspecified atom stereocenters. The topological polar surface area (TPSA) is 107 Å². The molecule has 0 saturated heterocycles. The van der Waals surface area contributed by atoms with Crippen LogP contribution in [0, 0.1) is 21.4 Å². The third-order valence-corrected chi connectivity index (χ3v) is 4.20. The zero-order valence-electron chi connectivity index (χ0n) is 13.5. The molecule has 0 saturated carbocycles. The van der Waals surface area contributed by atoms with Crippen LogP contribution in [-0.4, -0.2) is 4.92 Å². The van der Waals surface area contributed by atoms with E-state index in [0.717, 1.165) is 24.1 Å². The van der Waals surface area contributed by atoms with E-state index in [9.17, 15) is 15.4 Å². The number of halogens is 1. The Morgan fingerprint density at radius 1 is 1.42 bits per heavy atom. The van der Waals surface area contributed by atoms with Gasteiger partial charge in [0.25, 0.3) is 11.5 Å². The quantitative estimate of drug-likeness (QED) is 0.658. The number of nitrogen functional groups attached to an aromatic ring is 1. The molecule has 0 aliphatic rings. The molecular formula is C17H18ClN4O2+. The third-order valence-electron chi connectivity index (χ3n) is 3.87. The maximum absolute atomic E-state index is 11.1. The normalized spacial score (nSPS) is 10.4. The summed E-state index contributed by atoms with van der Waals surface area (Å²) >= 11 is 6.29. The molecule has 0 aliphatic carbocycles. The van der Waals surface area contributed by atoms with Gasteiger partial charge < -0.3 is 0 Å². The van der Waals surface area contributed by atoms with Gasteiger partial charge in [-0.2, -0.15) is 5.26 Å². The first-order chi connectivity index (χ1) is 11.4. The summed E-state index contributed by atoms with van der Waals surface area (Å²) in [5.41, 5.74) is 9.06. The van der Waals surface area contributed by atoms with E-state index in [1.54, 1.807) is 0 Å². The predicted molar refractivity (Wildman–Crippen MR) is 92.6 cm³/mol. The van der Waals surface area contributed by atoms with Crippen molar-refractivity contribution in [1.29, 1.82) is 5.26 Å². The Kier molecular flexibility index (Phi) is 5.37.